The molecular weight excluding hydrogens is 410 g/mol. The van der Waals surface area contributed by atoms with E-state index in [9.17, 15) is 8.42 Å². The zero-order valence-electron chi connectivity index (χ0n) is 15.7. The van der Waals surface area contributed by atoms with E-state index in [1.165, 1.54) is 31.6 Å². The van der Waals surface area contributed by atoms with Gasteiger partial charge < -0.3 is 15.4 Å². The summed E-state index contributed by atoms with van der Waals surface area (Å²) in [6.45, 7) is 2.01. The number of anilines is 3. The standard InChI is InChI=1S/C19H19N5O3S2/c1-13-3-5-14(6-4-13)22-19(28)23-15-7-9-16(10-8-15)29(25,26)24-17-11-18(27-2)21-12-20-17/h3-12H,1-2H3,(H,20,21,24)(H2,22,23,28). The fourth-order valence-electron chi connectivity index (χ4n) is 2.35. The van der Waals surface area contributed by atoms with Crippen LogP contribution in [0.25, 0.3) is 0 Å². The molecule has 1 aromatic heterocycles. The summed E-state index contributed by atoms with van der Waals surface area (Å²) in [5.74, 6) is 0.370. The van der Waals surface area contributed by atoms with Crippen molar-refractivity contribution in [3.63, 3.8) is 0 Å². The van der Waals surface area contributed by atoms with Crippen molar-refractivity contribution in [1.29, 1.82) is 0 Å². The van der Waals surface area contributed by atoms with Gasteiger partial charge in [-0.3, -0.25) is 4.72 Å². The molecule has 0 saturated carbocycles. The number of hydrogen-bond acceptors (Lipinski definition) is 6. The molecule has 0 atom stereocenters. The Labute approximate surface area is 174 Å². The van der Waals surface area contributed by atoms with Crippen LogP contribution in [0.4, 0.5) is 17.2 Å². The molecule has 0 unspecified atom stereocenters. The molecule has 10 heteroatoms. The Morgan fingerprint density at radius 2 is 1.55 bits per heavy atom. The van der Waals surface area contributed by atoms with Crippen molar-refractivity contribution in [2.75, 3.05) is 22.5 Å². The summed E-state index contributed by atoms with van der Waals surface area (Å²) >= 11 is 5.29. The molecule has 29 heavy (non-hydrogen) atoms. The van der Waals surface area contributed by atoms with E-state index in [0.717, 1.165) is 11.3 Å². The number of methoxy groups -OCH3 is 1. The van der Waals surface area contributed by atoms with Crippen molar-refractivity contribution in [3.05, 3.63) is 66.5 Å². The largest absolute Gasteiger partial charge is 0.481 e. The monoisotopic (exact) mass is 429 g/mol. The number of benzene rings is 2. The number of aryl methyl sites for hydroxylation is 1. The summed E-state index contributed by atoms with van der Waals surface area (Å²) in [4.78, 5) is 7.80. The van der Waals surface area contributed by atoms with Crippen LogP contribution in [0.3, 0.4) is 0 Å². The van der Waals surface area contributed by atoms with Crippen molar-refractivity contribution < 1.29 is 13.2 Å². The van der Waals surface area contributed by atoms with E-state index in [0.29, 0.717) is 10.8 Å². The molecule has 8 nitrogen and oxygen atoms in total. The SMILES string of the molecule is COc1cc(NS(=O)(=O)c2ccc(NC(=S)Nc3ccc(C)cc3)cc2)ncn1. The summed E-state index contributed by atoms with van der Waals surface area (Å²) in [5, 5.41) is 6.48. The Hall–Kier alpha value is -3.24. The molecule has 0 saturated heterocycles. The highest BCUT2D eigenvalue weighted by atomic mass is 32.2. The Balaban J connectivity index is 1.65. The fourth-order valence-corrected chi connectivity index (χ4v) is 3.59. The zero-order valence-corrected chi connectivity index (χ0v) is 17.3. The number of hydrogen-bond donors (Lipinski definition) is 3. The summed E-state index contributed by atoms with van der Waals surface area (Å²) in [5.41, 5.74) is 2.66. The lowest BCUT2D eigenvalue weighted by atomic mass is 10.2. The second kappa shape index (κ2) is 8.84. The first-order chi connectivity index (χ1) is 13.9. The predicted octanol–water partition coefficient (Wildman–Crippen LogP) is 3.40. The first kappa shape index (κ1) is 20.5. The van der Waals surface area contributed by atoms with Crippen LogP contribution in [0, 0.1) is 6.92 Å². The molecule has 150 valence electrons. The molecule has 0 aliphatic rings. The molecule has 2 aromatic carbocycles. The van der Waals surface area contributed by atoms with Crippen LogP contribution in [0.5, 0.6) is 5.88 Å². The zero-order chi connectivity index (χ0) is 20.9. The maximum absolute atomic E-state index is 12.5. The van der Waals surface area contributed by atoms with E-state index in [1.807, 2.05) is 31.2 Å². The lowest BCUT2D eigenvalue weighted by molar-refractivity contribution is 0.397. The van der Waals surface area contributed by atoms with Crippen molar-refractivity contribution in [1.82, 2.24) is 9.97 Å². The molecule has 0 spiro atoms. The Morgan fingerprint density at radius 1 is 0.966 bits per heavy atom. The van der Waals surface area contributed by atoms with Gasteiger partial charge in [-0.15, -0.1) is 0 Å². The van der Waals surface area contributed by atoms with Crippen LogP contribution >= 0.6 is 12.2 Å². The van der Waals surface area contributed by atoms with E-state index < -0.39 is 10.0 Å². The number of nitrogens with one attached hydrogen (secondary N) is 3. The van der Waals surface area contributed by atoms with Gasteiger partial charge in [-0.2, -0.15) is 0 Å². The summed E-state index contributed by atoms with van der Waals surface area (Å²) in [7, 11) is -2.37. The van der Waals surface area contributed by atoms with Crippen LogP contribution in [-0.4, -0.2) is 30.6 Å². The average Bonchev–Trinajstić information content (AvgIpc) is 2.70. The van der Waals surface area contributed by atoms with Gasteiger partial charge in [0.15, 0.2) is 5.11 Å². The van der Waals surface area contributed by atoms with Gasteiger partial charge in [0, 0.05) is 17.4 Å². The van der Waals surface area contributed by atoms with Gasteiger partial charge in [-0.1, -0.05) is 17.7 Å². The normalized spacial score (nSPS) is 10.8. The number of sulfonamides is 1. The maximum Gasteiger partial charge on any atom is 0.263 e. The molecule has 3 N–H and O–H groups in total. The minimum absolute atomic E-state index is 0.0815. The van der Waals surface area contributed by atoms with E-state index in [1.54, 1.807) is 12.1 Å². The maximum atomic E-state index is 12.5. The summed E-state index contributed by atoms with van der Waals surface area (Å²) < 4.78 is 32.4. The van der Waals surface area contributed by atoms with Crippen LogP contribution in [-0.2, 0) is 10.0 Å². The lowest BCUT2D eigenvalue weighted by Crippen LogP contribution is -2.19. The second-order valence-corrected chi connectivity index (χ2v) is 8.11. The van der Waals surface area contributed by atoms with Crippen molar-refractivity contribution in [2.24, 2.45) is 0 Å². The lowest BCUT2D eigenvalue weighted by Gasteiger charge is -2.12. The Morgan fingerprint density at radius 3 is 2.14 bits per heavy atom. The highest BCUT2D eigenvalue weighted by Gasteiger charge is 2.15. The number of ether oxygens (including phenoxy) is 1. The van der Waals surface area contributed by atoms with Crippen LogP contribution < -0.4 is 20.1 Å². The molecular formula is C19H19N5O3S2. The predicted molar refractivity (Wildman–Crippen MR) is 117 cm³/mol. The van der Waals surface area contributed by atoms with Gasteiger partial charge in [0.05, 0.1) is 12.0 Å². The second-order valence-electron chi connectivity index (χ2n) is 6.02. The van der Waals surface area contributed by atoms with Crippen LogP contribution in [0.1, 0.15) is 5.56 Å². The number of thiocarbonyl (C=S) groups is 1. The minimum Gasteiger partial charge on any atom is -0.481 e. The van der Waals surface area contributed by atoms with Gasteiger partial charge in [0.1, 0.15) is 12.1 Å². The molecule has 0 bridgehead atoms. The van der Waals surface area contributed by atoms with Crippen LogP contribution in [0.15, 0.2) is 65.8 Å². The van der Waals surface area contributed by atoms with E-state index >= 15 is 0 Å². The molecule has 0 amide bonds. The van der Waals surface area contributed by atoms with Gasteiger partial charge in [-0.25, -0.2) is 18.4 Å². The topological polar surface area (TPSA) is 105 Å². The Bertz CT molecular complexity index is 1100. The van der Waals surface area contributed by atoms with E-state index in [4.69, 9.17) is 17.0 Å². The third-order valence-electron chi connectivity index (χ3n) is 3.82. The Kier molecular flexibility index (Phi) is 6.25. The average molecular weight is 430 g/mol. The molecule has 0 radical (unpaired) electrons. The van der Waals surface area contributed by atoms with E-state index in [-0.39, 0.29) is 16.6 Å². The number of aromatic nitrogens is 2. The third-order valence-corrected chi connectivity index (χ3v) is 5.40. The molecule has 3 rings (SSSR count). The van der Waals surface area contributed by atoms with Gasteiger partial charge in [0.2, 0.25) is 5.88 Å². The first-order valence-electron chi connectivity index (χ1n) is 8.49. The van der Waals surface area contributed by atoms with E-state index in [2.05, 4.69) is 25.3 Å². The van der Waals surface area contributed by atoms with Crippen molar-refractivity contribution in [3.8, 4) is 5.88 Å². The molecule has 0 aliphatic heterocycles. The fraction of sp³-hybridized carbons (Fsp3) is 0.105. The minimum atomic E-state index is -3.81. The highest BCUT2D eigenvalue weighted by molar-refractivity contribution is 7.92. The number of nitrogens with zero attached hydrogens (tertiary/aromatic N) is 2. The molecule has 0 fully saturated rings. The van der Waals surface area contributed by atoms with Crippen molar-refractivity contribution in [2.45, 2.75) is 11.8 Å². The smallest absolute Gasteiger partial charge is 0.263 e. The summed E-state index contributed by atoms with van der Waals surface area (Å²) in [6, 6.07) is 15.4. The van der Waals surface area contributed by atoms with Crippen LogP contribution in [0.2, 0.25) is 0 Å². The molecule has 1 heterocycles. The van der Waals surface area contributed by atoms with Gasteiger partial charge >= 0.3 is 0 Å². The van der Waals surface area contributed by atoms with Gasteiger partial charge in [0.25, 0.3) is 10.0 Å². The first-order valence-corrected chi connectivity index (χ1v) is 10.4. The third kappa shape index (κ3) is 5.62. The molecule has 0 aliphatic carbocycles. The quantitative estimate of drug-likeness (QED) is 0.512. The summed E-state index contributed by atoms with van der Waals surface area (Å²) in [6.07, 6.45) is 1.21. The molecule has 3 aromatic rings. The van der Waals surface area contributed by atoms with Crippen molar-refractivity contribution >= 4 is 44.5 Å². The highest BCUT2D eigenvalue weighted by Crippen LogP contribution is 2.19. The van der Waals surface area contributed by atoms with Gasteiger partial charge in [-0.05, 0) is 55.5 Å². The number of rotatable bonds is 6.